The zero-order valence-electron chi connectivity index (χ0n) is 12.0. The van der Waals surface area contributed by atoms with E-state index in [0.717, 1.165) is 13.0 Å². The molecule has 0 spiro atoms. The number of aliphatic hydroxyl groups is 1. The lowest BCUT2D eigenvalue weighted by atomic mass is 10.2. The molecule has 1 aliphatic carbocycles. The highest BCUT2D eigenvalue weighted by atomic mass is 16.5. The molecule has 0 bridgehead atoms. The van der Waals surface area contributed by atoms with Gasteiger partial charge in [0.05, 0.1) is 11.6 Å². The van der Waals surface area contributed by atoms with Crippen LogP contribution in [0.5, 0.6) is 5.75 Å². The molecule has 1 fully saturated rings. The first-order valence-corrected chi connectivity index (χ1v) is 7.28. The molecule has 0 saturated heterocycles. The Labute approximate surface area is 120 Å². The summed E-state index contributed by atoms with van der Waals surface area (Å²) in [6.07, 6.45) is 3.14. The fourth-order valence-corrected chi connectivity index (χ4v) is 2.29. The summed E-state index contributed by atoms with van der Waals surface area (Å²) in [5, 5.41) is 18.8. The predicted molar refractivity (Wildman–Crippen MR) is 77.5 cm³/mol. The van der Waals surface area contributed by atoms with E-state index in [2.05, 4.69) is 17.9 Å². The molecule has 1 saturated carbocycles. The van der Waals surface area contributed by atoms with Crippen LogP contribution in [0.25, 0.3) is 0 Å². The van der Waals surface area contributed by atoms with Gasteiger partial charge in [0.25, 0.3) is 0 Å². The molecule has 1 aromatic rings. The average molecular weight is 274 g/mol. The van der Waals surface area contributed by atoms with E-state index in [1.54, 1.807) is 24.3 Å². The van der Waals surface area contributed by atoms with Crippen molar-refractivity contribution < 1.29 is 9.84 Å². The third-order valence-electron chi connectivity index (χ3n) is 3.45. The lowest BCUT2D eigenvalue weighted by Crippen LogP contribution is -2.37. The fraction of sp³-hybridized carbons (Fsp3) is 0.562. The Morgan fingerprint density at radius 2 is 2.10 bits per heavy atom. The highest BCUT2D eigenvalue weighted by molar-refractivity contribution is 5.34. The van der Waals surface area contributed by atoms with Crippen molar-refractivity contribution >= 4 is 0 Å². The van der Waals surface area contributed by atoms with Gasteiger partial charge in [0.2, 0.25) is 0 Å². The molecule has 0 aromatic heterocycles. The number of nitriles is 1. The van der Waals surface area contributed by atoms with Gasteiger partial charge in [0.15, 0.2) is 0 Å². The second-order valence-electron chi connectivity index (χ2n) is 5.33. The zero-order chi connectivity index (χ0) is 14.4. The molecule has 108 valence electrons. The standard InChI is InChI=1S/C16H22N2O2/c1-2-9-18(14-5-6-14)11-15(19)12-20-16-7-3-13(10-17)4-8-16/h3-4,7-8,14-15,19H,2,5-6,9,11-12H2,1H3. The first kappa shape index (κ1) is 14.8. The molecular formula is C16H22N2O2. The van der Waals surface area contributed by atoms with E-state index in [4.69, 9.17) is 10.00 Å². The number of ether oxygens (including phenoxy) is 1. The van der Waals surface area contributed by atoms with Crippen LogP contribution in [0.3, 0.4) is 0 Å². The third-order valence-corrected chi connectivity index (χ3v) is 3.45. The second kappa shape index (κ2) is 7.28. The molecule has 4 heteroatoms. The van der Waals surface area contributed by atoms with Gasteiger partial charge in [-0.1, -0.05) is 6.92 Å². The topological polar surface area (TPSA) is 56.5 Å². The molecule has 1 unspecified atom stereocenters. The molecule has 20 heavy (non-hydrogen) atoms. The van der Waals surface area contributed by atoms with Gasteiger partial charge in [-0.05, 0) is 50.1 Å². The average Bonchev–Trinajstić information content (AvgIpc) is 3.30. The highest BCUT2D eigenvalue weighted by Gasteiger charge is 2.29. The Balaban J connectivity index is 1.75. The van der Waals surface area contributed by atoms with Crippen LogP contribution < -0.4 is 4.74 Å². The van der Waals surface area contributed by atoms with E-state index >= 15 is 0 Å². The molecule has 1 aromatic carbocycles. The van der Waals surface area contributed by atoms with Gasteiger partial charge in [-0.3, -0.25) is 4.90 Å². The van der Waals surface area contributed by atoms with Crippen LogP contribution in [-0.2, 0) is 0 Å². The van der Waals surface area contributed by atoms with E-state index in [9.17, 15) is 5.11 Å². The van der Waals surface area contributed by atoms with Crippen molar-refractivity contribution in [3.8, 4) is 11.8 Å². The molecule has 0 heterocycles. The smallest absolute Gasteiger partial charge is 0.119 e. The van der Waals surface area contributed by atoms with Gasteiger partial charge >= 0.3 is 0 Å². The number of rotatable bonds is 8. The largest absolute Gasteiger partial charge is 0.491 e. The van der Waals surface area contributed by atoms with Crippen LogP contribution in [0.4, 0.5) is 0 Å². The van der Waals surface area contributed by atoms with E-state index in [-0.39, 0.29) is 0 Å². The molecule has 1 atom stereocenters. The Kier molecular flexibility index (Phi) is 5.40. The maximum absolute atomic E-state index is 10.1. The highest BCUT2D eigenvalue weighted by Crippen LogP contribution is 2.27. The van der Waals surface area contributed by atoms with Crippen LogP contribution >= 0.6 is 0 Å². The van der Waals surface area contributed by atoms with Crippen molar-refractivity contribution in [2.45, 2.75) is 38.3 Å². The van der Waals surface area contributed by atoms with E-state index in [1.165, 1.54) is 12.8 Å². The van der Waals surface area contributed by atoms with E-state index in [1.807, 2.05) is 0 Å². The lowest BCUT2D eigenvalue weighted by molar-refractivity contribution is 0.0654. The molecule has 1 N–H and O–H groups in total. The Hall–Kier alpha value is -1.57. The number of benzene rings is 1. The number of nitrogens with zero attached hydrogens (tertiary/aromatic N) is 2. The minimum atomic E-state index is -0.474. The van der Waals surface area contributed by atoms with Crippen LogP contribution in [0, 0.1) is 11.3 Å². The molecule has 1 aliphatic rings. The van der Waals surface area contributed by atoms with Crippen molar-refractivity contribution in [2.75, 3.05) is 19.7 Å². The van der Waals surface area contributed by atoms with Crippen LogP contribution in [0.15, 0.2) is 24.3 Å². The van der Waals surface area contributed by atoms with Crippen LogP contribution in [-0.4, -0.2) is 41.8 Å². The number of aliphatic hydroxyl groups excluding tert-OH is 1. The molecule has 0 radical (unpaired) electrons. The SMILES string of the molecule is CCCN(CC(O)COc1ccc(C#N)cc1)C1CC1. The molecule has 4 nitrogen and oxygen atoms in total. The van der Waals surface area contributed by atoms with Gasteiger partial charge in [-0.2, -0.15) is 5.26 Å². The normalized spacial score (nSPS) is 15.9. The monoisotopic (exact) mass is 274 g/mol. The van der Waals surface area contributed by atoms with Crippen LogP contribution in [0.1, 0.15) is 31.7 Å². The third kappa shape index (κ3) is 4.52. The quantitative estimate of drug-likeness (QED) is 0.789. The Morgan fingerprint density at radius 1 is 1.40 bits per heavy atom. The van der Waals surface area contributed by atoms with Gasteiger partial charge < -0.3 is 9.84 Å². The summed E-state index contributed by atoms with van der Waals surface area (Å²) in [6, 6.07) is 9.69. The van der Waals surface area contributed by atoms with Crippen molar-refractivity contribution in [3.05, 3.63) is 29.8 Å². The Bertz CT molecular complexity index is 449. The summed E-state index contributed by atoms with van der Waals surface area (Å²) in [4.78, 5) is 2.35. The Morgan fingerprint density at radius 3 is 2.65 bits per heavy atom. The maximum Gasteiger partial charge on any atom is 0.119 e. The number of hydrogen-bond acceptors (Lipinski definition) is 4. The summed E-state index contributed by atoms with van der Waals surface area (Å²) >= 11 is 0. The molecule has 2 rings (SSSR count). The number of hydrogen-bond donors (Lipinski definition) is 1. The first-order valence-electron chi connectivity index (χ1n) is 7.28. The summed E-state index contributed by atoms with van der Waals surface area (Å²) in [7, 11) is 0. The van der Waals surface area contributed by atoms with Gasteiger partial charge in [0.1, 0.15) is 18.5 Å². The van der Waals surface area contributed by atoms with Crippen molar-refractivity contribution in [3.63, 3.8) is 0 Å². The van der Waals surface area contributed by atoms with Crippen molar-refractivity contribution in [1.82, 2.24) is 4.90 Å². The van der Waals surface area contributed by atoms with Gasteiger partial charge in [-0.15, -0.1) is 0 Å². The van der Waals surface area contributed by atoms with Crippen molar-refractivity contribution in [1.29, 1.82) is 5.26 Å². The predicted octanol–water partition coefficient (Wildman–Crippen LogP) is 2.17. The van der Waals surface area contributed by atoms with Gasteiger partial charge in [-0.25, -0.2) is 0 Å². The minimum absolute atomic E-state index is 0.291. The fourth-order valence-electron chi connectivity index (χ4n) is 2.29. The van der Waals surface area contributed by atoms with E-state index in [0.29, 0.717) is 30.5 Å². The first-order chi connectivity index (χ1) is 9.72. The summed E-state index contributed by atoms with van der Waals surface area (Å²) in [6.45, 7) is 4.17. The zero-order valence-corrected chi connectivity index (χ0v) is 12.0. The minimum Gasteiger partial charge on any atom is -0.491 e. The second-order valence-corrected chi connectivity index (χ2v) is 5.33. The lowest BCUT2D eigenvalue weighted by Gasteiger charge is -2.24. The molecular weight excluding hydrogens is 252 g/mol. The summed E-state index contributed by atoms with van der Waals surface area (Å²) in [5.74, 6) is 0.691. The maximum atomic E-state index is 10.1. The summed E-state index contributed by atoms with van der Waals surface area (Å²) in [5.41, 5.74) is 0.612. The summed E-state index contributed by atoms with van der Waals surface area (Å²) < 4.78 is 5.56. The molecule has 0 amide bonds. The molecule has 0 aliphatic heterocycles. The van der Waals surface area contributed by atoms with Gasteiger partial charge in [0, 0.05) is 12.6 Å². The van der Waals surface area contributed by atoms with Crippen molar-refractivity contribution in [2.24, 2.45) is 0 Å². The van der Waals surface area contributed by atoms with E-state index < -0.39 is 6.10 Å². The van der Waals surface area contributed by atoms with Crippen LogP contribution in [0.2, 0.25) is 0 Å².